The summed E-state index contributed by atoms with van der Waals surface area (Å²) in [6.07, 6.45) is 1.08. The number of aromatic hydroxyl groups is 1. The number of rotatable bonds is 4. The van der Waals surface area contributed by atoms with Gasteiger partial charge in [0.05, 0.1) is 21.3 Å². The molecule has 0 unspecified atom stereocenters. The quantitative estimate of drug-likeness (QED) is 0.412. The van der Waals surface area contributed by atoms with Gasteiger partial charge in [-0.25, -0.2) is 17.9 Å². The van der Waals surface area contributed by atoms with Crippen LogP contribution in [0.1, 0.15) is 5.56 Å². The molecule has 0 aliphatic carbocycles. The van der Waals surface area contributed by atoms with Gasteiger partial charge in [-0.05, 0) is 54.7 Å². The summed E-state index contributed by atoms with van der Waals surface area (Å²) in [6.45, 7) is 0. The monoisotopic (exact) mass is 454 g/mol. The molecular formula is C17H12ClFN4O4S2. The summed E-state index contributed by atoms with van der Waals surface area (Å²) in [5.41, 5.74) is -0.409. The molecule has 0 atom stereocenters. The van der Waals surface area contributed by atoms with E-state index >= 15 is 0 Å². The van der Waals surface area contributed by atoms with E-state index in [0.29, 0.717) is 5.69 Å². The van der Waals surface area contributed by atoms with Gasteiger partial charge in [0.15, 0.2) is 4.77 Å². The van der Waals surface area contributed by atoms with Crippen molar-refractivity contribution in [2.24, 2.45) is 10.1 Å². The zero-order valence-corrected chi connectivity index (χ0v) is 16.7. The number of sulfonamides is 1. The normalized spacial score (nSPS) is 11.8. The van der Waals surface area contributed by atoms with Gasteiger partial charge in [-0.2, -0.15) is 0 Å². The van der Waals surface area contributed by atoms with Crippen LogP contribution in [-0.4, -0.2) is 29.3 Å². The van der Waals surface area contributed by atoms with Crippen LogP contribution < -0.4 is 10.7 Å². The lowest BCUT2D eigenvalue weighted by Gasteiger charge is -2.11. The van der Waals surface area contributed by atoms with Crippen LogP contribution in [0.5, 0.6) is 5.88 Å². The Morgan fingerprint density at radius 3 is 2.48 bits per heavy atom. The lowest BCUT2D eigenvalue weighted by molar-refractivity contribution is 0.432. The Balaban J connectivity index is 2.06. The fourth-order valence-electron chi connectivity index (χ4n) is 2.38. The van der Waals surface area contributed by atoms with Crippen LogP contribution in [0.4, 0.5) is 10.1 Å². The van der Waals surface area contributed by atoms with Crippen LogP contribution in [0.2, 0.25) is 5.02 Å². The topological polar surface area (TPSA) is 131 Å². The average Bonchev–Trinajstić information content (AvgIpc) is 2.64. The summed E-state index contributed by atoms with van der Waals surface area (Å²) in [4.78, 5) is 18.5. The van der Waals surface area contributed by atoms with Gasteiger partial charge in [0.1, 0.15) is 11.4 Å². The van der Waals surface area contributed by atoms with E-state index < -0.39 is 27.3 Å². The number of primary sulfonamides is 1. The second-order valence-electron chi connectivity index (χ2n) is 5.73. The number of aromatic amines is 1. The molecule has 0 saturated heterocycles. The molecule has 0 aliphatic heterocycles. The van der Waals surface area contributed by atoms with E-state index in [4.69, 9.17) is 29.0 Å². The van der Waals surface area contributed by atoms with Gasteiger partial charge in [0.2, 0.25) is 15.9 Å². The summed E-state index contributed by atoms with van der Waals surface area (Å²) < 4.78 is 36.9. The molecule has 0 fully saturated rings. The van der Waals surface area contributed by atoms with E-state index in [1.165, 1.54) is 36.4 Å². The first-order valence-corrected chi connectivity index (χ1v) is 10.1. The molecule has 0 aliphatic rings. The van der Waals surface area contributed by atoms with Crippen molar-refractivity contribution in [2.75, 3.05) is 0 Å². The highest BCUT2D eigenvalue weighted by Gasteiger charge is 2.14. The number of hydrogen-bond acceptors (Lipinski definition) is 6. The van der Waals surface area contributed by atoms with Crippen molar-refractivity contribution in [1.82, 2.24) is 9.55 Å². The second kappa shape index (κ2) is 7.87. The lowest BCUT2D eigenvalue weighted by Crippen LogP contribution is -2.18. The van der Waals surface area contributed by atoms with Crippen LogP contribution in [0.15, 0.2) is 57.1 Å². The predicted octanol–water partition coefficient (Wildman–Crippen LogP) is 2.79. The highest BCUT2D eigenvalue weighted by molar-refractivity contribution is 7.89. The number of halogens is 2. The van der Waals surface area contributed by atoms with Crippen LogP contribution in [-0.2, 0) is 10.0 Å². The van der Waals surface area contributed by atoms with Crippen LogP contribution in [0.3, 0.4) is 0 Å². The molecule has 0 radical (unpaired) electrons. The maximum absolute atomic E-state index is 13.4. The highest BCUT2D eigenvalue weighted by atomic mass is 35.5. The summed E-state index contributed by atoms with van der Waals surface area (Å²) >= 11 is 10.8. The molecular weight excluding hydrogens is 443 g/mol. The first-order valence-electron chi connectivity index (χ1n) is 7.78. The van der Waals surface area contributed by atoms with Gasteiger partial charge in [0.25, 0.3) is 5.56 Å². The van der Waals surface area contributed by atoms with Crippen molar-refractivity contribution in [2.45, 2.75) is 4.90 Å². The first kappa shape index (κ1) is 20.9. The van der Waals surface area contributed by atoms with Gasteiger partial charge in [-0.15, -0.1) is 0 Å². The summed E-state index contributed by atoms with van der Waals surface area (Å²) in [5, 5.41) is 15.4. The number of aromatic nitrogens is 2. The minimum absolute atomic E-state index is 0.0985. The lowest BCUT2D eigenvalue weighted by atomic mass is 10.2. The van der Waals surface area contributed by atoms with E-state index in [0.717, 1.165) is 16.8 Å². The van der Waals surface area contributed by atoms with Gasteiger partial charge in [-0.3, -0.25) is 19.3 Å². The Morgan fingerprint density at radius 1 is 1.24 bits per heavy atom. The largest absolute Gasteiger partial charge is 0.494 e. The number of hydrogen-bond donors (Lipinski definition) is 3. The molecule has 150 valence electrons. The molecule has 0 amide bonds. The molecule has 3 aromatic rings. The number of nitrogens with zero attached hydrogens (tertiary/aromatic N) is 2. The van der Waals surface area contributed by atoms with E-state index in [1.807, 2.05) is 0 Å². The molecule has 0 spiro atoms. The van der Waals surface area contributed by atoms with Crippen molar-refractivity contribution in [3.05, 3.63) is 74.0 Å². The van der Waals surface area contributed by atoms with Crippen molar-refractivity contribution in [1.29, 1.82) is 0 Å². The molecule has 29 heavy (non-hydrogen) atoms. The number of benzene rings is 2. The number of nitrogens with one attached hydrogen (secondary N) is 1. The minimum Gasteiger partial charge on any atom is -0.494 e. The first-order chi connectivity index (χ1) is 13.6. The standard InChI is InChI=1S/C17H12ClFN4O4S2/c18-13-7-10(3-6-14(13)19)23-16(25)12(15(24)22-17(23)28)8-21-9-1-4-11(5-2-9)29(20,26)27/h1-8,25H,(H2,20,26,27)(H,22,24,28). The summed E-state index contributed by atoms with van der Waals surface area (Å²) in [7, 11) is -3.85. The predicted molar refractivity (Wildman–Crippen MR) is 109 cm³/mol. The van der Waals surface area contributed by atoms with Gasteiger partial charge in [0, 0.05) is 6.21 Å². The Hall–Kier alpha value is -2.86. The van der Waals surface area contributed by atoms with Gasteiger partial charge < -0.3 is 5.11 Å². The molecule has 0 bridgehead atoms. The number of H-pyrrole nitrogens is 1. The van der Waals surface area contributed by atoms with Gasteiger partial charge >= 0.3 is 0 Å². The summed E-state index contributed by atoms with van der Waals surface area (Å²) in [5.74, 6) is -1.19. The molecule has 8 nitrogen and oxygen atoms in total. The molecule has 1 heterocycles. The Morgan fingerprint density at radius 2 is 1.90 bits per heavy atom. The maximum atomic E-state index is 13.4. The van der Waals surface area contributed by atoms with Crippen LogP contribution >= 0.6 is 23.8 Å². The smallest absolute Gasteiger partial charge is 0.264 e. The Bertz CT molecular complexity index is 1350. The van der Waals surface area contributed by atoms with Crippen molar-refractivity contribution in [3.63, 3.8) is 0 Å². The van der Waals surface area contributed by atoms with E-state index in [-0.39, 0.29) is 25.9 Å². The molecule has 0 saturated carbocycles. The van der Waals surface area contributed by atoms with Crippen molar-refractivity contribution >= 4 is 45.7 Å². The average molecular weight is 455 g/mol. The van der Waals surface area contributed by atoms with Crippen molar-refractivity contribution < 1.29 is 17.9 Å². The maximum Gasteiger partial charge on any atom is 0.264 e. The second-order valence-corrected chi connectivity index (χ2v) is 8.08. The molecule has 12 heteroatoms. The van der Waals surface area contributed by atoms with E-state index in [2.05, 4.69) is 9.98 Å². The zero-order valence-electron chi connectivity index (χ0n) is 14.3. The van der Waals surface area contributed by atoms with E-state index in [9.17, 15) is 22.7 Å². The fourth-order valence-corrected chi connectivity index (χ4v) is 3.35. The highest BCUT2D eigenvalue weighted by Crippen LogP contribution is 2.24. The molecule has 3 rings (SSSR count). The zero-order chi connectivity index (χ0) is 21.3. The fraction of sp³-hybridized carbons (Fsp3) is 0. The van der Waals surface area contributed by atoms with Crippen LogP contribution in [0, 0.1) is 10.6 Å². The third-order valence-corrected chi connectivity index (χ3v) is 5.29. The molecule has 2 aromatic carbocycles. The van der Waals surface area contributed by atoms with E-state index in [1.54, 1.807) is 0 Å². The minimum atomic E-state index is -3.85. The van der Waals surface area contributed by atoms with Crippen molar-refractivity contribution in [3.8, 4) is 11.6 Å². The Labute approximate surface area is 173 Å². The molecule has 1 aromatic heterocycles. The van der Waals surface area contributed by atoms with Gasteiger partial charge in [-0.1, -0.05) is 11.6 Å². The SMILES string of the molecule is NS(=O)(=O)c1ccc(N=Cc2c(O)n(-c3ccc(F)c(Cl)c3)c(=S)[nH]c2=O)cc1. The third-order valence-electron chi connectivity index (χ3n) is 3.79. The number of nitrogens with two attached hydrogens (primary N) is 1. The van der Waals surface area contributed by atoms with Crippen LogP contribution in [0.25, 0.3) is 5.69 Å². The third kappa shape index (κ3) is 4.43. The number of aliphatic imine (C=N–C) groups is 1. The summed E-state index contributed by atoms with van der Waals surface area (Å²) in [6, 6.07) is 8.89. The Kier molecular flexibility index (Phi) is 5.66. The molecule has 4 N–H and O–H groups in total.